The van der Waals surface area contributed by atoms with E-state index in [9.17, 15) is 9.59 Å². The van der Waals surface area contributed by atoms with Gasteiger partial charge in [-0.05, 0) is 36.1 Å². The predicted molar refractivity (Wildman–Crippen MR) is 66.9 cm³/mol. The third kappa shape index (κ3) is 4.20. The highest BCUT2D eigenvalue weighted by molar-refractivity contribution is 5.66. The lowest BCUT2D eigenvalue weighted by Gasteiger charge is -2.12. The third-order valence-electron chi connectivity index (χ3n) is 2.66. The third-order valence-corrected chi connectivity index (χ3v) is 2.66. The van der Waals surface area contributed by atoms with E-state index in [4.69, 9.17) is 9.47 Å². The van der Waals surface area contributed by atoms with Gasteiger partial charge in [-0.2, -0.15) is 0 Å². The first kappa shape index (κ1) is 14.2. The summed E-state index contributed by atoms with van der Waals surface area (Å²) in [6, 6.07) is 3.91. The van der Waals surface area contributed by atoms with Gasteiger partial charge in [0.1, 0.15) is 13.2 Å². The second-order valence-electron chi connectivity index (χ2n) is 4.27. The molecule has 0 amide bonds. The summed E-state index contributed by atoms with van der Waals surface area (Å²) in [6.45, 7) is 7.20. The summed E-state index contributed by atoms with van der Waals surface area (Å²) >= 11 is 0. The molecule has 0 aromatic heterocycles. The van der Waals surface area contributed by atoms with Crippen LogP contribution in [-0.4, -0.2) is 11.9 Å². The van der Waals surface area contributed by atoms with E-state index in [1.165, 1.54) is 13.8 Å². The average molecular weight is 250 g/mol. The number of rotatable bonds is 4. The van der Waals surface area contributed by atoms with Crippen molar-refractivity contribution < 1.29 is 19.1 Å². The van der Waals surface area contributed by atoms with Crippen molar-refractivity contribution in [1.29, 1.82) is 0 Å². The van der Waals surface area contributed by atoms with Crippen LogP contribution in [0.3, 0.4) is 0 Å². The van der Waals surface area contributed by atoms with Crippen LogP contribution in [0.2, 0.25) is 0 Å². The summed E-state index contributed by atoms with van der Waals surface area (Å²) < 4.78 is 9.96. The van der Waals surface area contributed by atoms with Gasteiger partial charge in [-0.15, -0.1) is 0 Å². The van der Waals surface area contributed by atoms with Gasteiger partial charge in [-0.3, -0.25) is 9.59 Å². The molecule has 1 rings (SSSR count). The fourth-order valence-electron chi connectivity index (χ4n) is 1.61. The molecule has 0 aliphatic rings. The monoisotopic (exact) mass is 250 g/mol. The summed E-state index contributed by atoms with van der Waals surface area (Å²) in [5.74, 6) is -0.591. The molecule has 0 saturated carbocycles. The average Bonchev–Trinajstić information content (AvgIpc) is 2.27. The zero-order valence-corrected chi connectivity index (χ0v) is 11.2. The van der Waals surface area contributed by atoms with Gasteiger partial charge < -0.3 is 9.47 Å². The van der Waals surface area contributed by atoms with Crippen LogP contribution in [0.4, 0.5) is 0 Å². The Labute approximate surface area is 107 Å². The first-order chi connectivity index (χ1) is 8.40. The molecule has 0 fully saturated rings. The molecule has 0 atom stereocenters. The van der Waals surface area contributed by atoms with Gasteiger partial charge in [0.15, 0.2) is 0 Å². The summed E-state index contributed by atoms with van der Waals surface area (Å²) in [6.07, 6.45) is 0. The lowest BCUT2D eigenvalue weighted by molar-refractivity contribution is -0.143. The van der Waals surface area contributed by atoms with E-state index >= 15 is 0 Å². The Balaban J connectivity index is 2.82. The molecule has 0 unspecified atom stereocenters. The molecule has 1 aromatic carbocycles. The molecule has 98 valence electrons. The standard InChI is InChI=1S/C14H18O4/c1-9-5-14(8-18-12(4)16)10(2)6-13(9)7-17-11(3)15/h5-6H,7-8H2,1-4H3. The van der Waals surface area contributed by atoms with Crippen molar-refractivity contribution in [1.82, 2.24) is 0 Å². The molecule has 0 N–H and O–H groups in total. The van der Waals surface area contributed by atoms with E-state index in [0.717, 1.165) is 22.3 Å². The van der Waals surface area contributed by atoms with Crippen LogP contribution in [0.1, 0.15) is 36.1 Å². The molecular weight excluding hydrogens is 232 g/mol. The molecule has 0 saturated heterocycles. The van der Waals surface area contributed by atoms with Gasteiger partial charge in [-0.25, -0.2) is 0 Å². The Bertz CT molecular complexity index is 419. The number of benzene rings is 1. The van der Waals surface area contributed by atoms with Crippen molar-refractivity contribution in [2.24, 2.45) is 0 Å². The van der Waals surface area contributed by atoms with E-state index in [0.29, 0.717) is 0 Å². The van der Waals surface area contributed by atoms with Gasteiger partial charge in [-0.1, -0.05) is 12.1 Å². The minimum atomic E-state index is -0.295. The number of hydrogen-bond acceptors (Lipinski definition) is 4. The zero-order valence-electron chi connectivity index (χ0n) is 11.2. The van der Waals surface area contributed by atoms with E-state index in [1.54, 1.807) is 0 Å². The molecular formula is C14H18O4. The quantitative estimate of drug-likeness (QED) is 0.770. The lowest BCUT2D eigenvalue weighted by atomic mass is 10.0. The maximum atomic E-state index is 10.8. The zero-order chi connectivity index (χ0) is 13.7. The van der Waals surface area contributed by atoms with Crippen LogP contribution >= 0.6 is 0 Å². The summed E-state index contributed by atoms with van der Waals surface area (Å²) in [4.78, 5) is 21.6. The van der Waals surface area contributed by atoms with Crippen molar-refractivity contribution in [2.45, 2.75) is 40.9 Å². The van der Waals surface area contributed by atoms with Gasteiger partial charge in [0.25, 0.3) is 0 Å². The molecule has 1 aromatic rings. The smallest absolute Gasteiger partial charge is 0.302 e. The fraction of sp³-hybridized carbons (Fsp3) is 0.429. The van der Waals surface area contributed by atoms with Crippen LogP contribution < -0.4 is 0 Å². The Morgan fingerprint density at radius 2 is 1.22 bits per heavy atom. The van der Waals surface area contributed by atoms with Crippen LogP contribution in [0.15, 0.2) is 12.1 Å². The van der Waals surface area contributed by atoms with Crippen LogP contribution in [0.5, 0.6) is 0 Å². The molecule has 0 aliphatic heterocycles. The fourth-order valence-corrected chi connectivity index (χ4v) is 1.61. The number of ether oxygens (including phenoxy) is 2. The highest BCUT2D eigenvalue weighted by atomic mass is 16.5. The second kappa shape index (κ2) is 6.19. The maximum Gasteiger partial charge on any atom is 0.302 e. The number of carbonyl (C=O) groups is 2. The Morgan fingerprint density at radius 3 is 1.50 bits per heavy atom. The predicted octanol–water partition coefficient (Wildman–Crippen LogP) is 2.43. The first-order valence-corrected chi connectivity index (χ1v) is 5.76. The van der Waals surface area contributed by atoms with Crippen molar-refractivity contribution in [3.05, 3.63) is 34.4 Å². The normalized spacial score (nSPS) is 10.0. The summed E-state index contributed by atoms with van der Waals surface area (Å²) in [5.41, 5.74) is 3.97. The minimum Gasteiger partial charge on any atom is -0.461 e. The van der Waals surface area contributed by atoms with Gasteiger partial charge in [0.2, 0.25) is 0 Å². The Morgan fingerprint density at radius 1 is 0.889 bits per heavy atom. The van der Waals surface area contributed by atoms with Crippen LogP contribution in [0.25, 0.3) is 0 Å². The largest absolute Gasteiger partial charge is 0.461 e. The van der Waals surface area contributed by atoms with Crippen LogP contribution in [0, 0.1) is 13.8 Å². The summed E-state index contributed by atoms with van der Waals surface area (Å²) in [7, 11) is 0. The van der Waals surface area contributed by atoms with Crippen molar-refractivity contribution >= 4 is 11.9 Å². The topological polar surface area (TPSA) is 52.6 Å². The van der Waals surface area contributed by atoms with Gasteiger partial charge in [0.05, 0.1) is 0 Å². The molecule has 4 heteroatoms. The number of hydrogen-bond donors (Lipinski definition) is 0. The van der Waals surface area contributed by atoms with E-state index in [2.05, 4.69) is 0 Å². The molecule has 18 heavy (non-hydrogen) atoms. The highest BCUT2D eigenvalue weighted by Crippen LogP contribution is 2.18. The molecule has 0 radical (unpaired) electrons. The summed E-state index contributed by atoms with van der Waals surface area (Å²) in [5, 5.41) is 0. The van der Waals surface area contributed by atoms with Crippen molar-refractivity contribution in [2.75, 3.05) is 0 Å². The second-order valence-corrected chi connectivity index (χ2v) is 4.27. The Hall–Kier alpha value is -1.84. The van der Waals surface area contributed by atoms with E-state index in [-0.39, 0.29) is 25.2 Å². The number of aryl methyl sites for hydroxylation is 2. The van der Waals surface area contributed by atoms with Crippen LogP contribution in [-0.2, 0) is 32.3 Å². The first-order valence-electron chi connectivity index (χ1n) is 5.76. The van der Waals surface area contributed by atoms with Crippen molar-refractivity contribution in [3.8, 4) is 0 Å². The number of esters is 2. The lowest BCUT2D eigenvalue weighted by Crippen LogP contribution is -2.04. The van der Waals surface area contributed by atoms with E-state index < -0.39 is 0 Å². The molecule has 0 bridgehead atoms. The molecule has 4 nitrogen and oxygen atoms in total. The maximum absolute atomic E-state index is 10.8. The molecule has 0 spiro atoms. The van der Waals surface area contributed by atoms with E-state index in [1.807, 2.05) is 26.0 Å². The molecule has 0 aliphatic carbocycles. The SMILES string of the molecule is CC(=O)OCc1cc(C)c(COC(C)=O)cc1C. The van der Waals surface area contributed by atoms with Gasteiger partial charge in [0, 0.05) is 13.8 Å². The molecule has 0 heterocycles. The van der Waals surface area contributed by atoms with Crippen molar-refractivity contribution in [3.63, 3.8) is 0 Å². The Kier molecular flexibility index (Phi) is 4.89. The number of carbonyl (C=O) groups excluding carboxylic acids is 2. The van der Waals surface area contributed by atoms with Gasteiger partial charge >= 0.3 is 11.9 Å². The highest BCUT2D eigenvalue weighted by Gasteiger charge is 2.07. The minimum absolute atomic E-state index is 0.274.